The van der Waals surface area contributed by atoms with Crippen LogP contribution in [0.3, 0.4) is 0 Å². The summed E-state index contributed by atoms with van der Waals surface area (Å²) in [5.74, 6) is 0.928. The van der Waals surface area contributed by atoms with Gasteiger partial charge in [-0.25, -0.2) is 9.78 Å². The summed E-state index contributed by atoms with van der Waals surface area (Å²) in [7, 11) is 1.95. The number of carbonyl (C=O) groups is 1. The number of aromatic amines is 1. The van der Waals surface area contributed by atoms with Crippen LogP contribution < -0.4 is 10.3 Å². The standard InChI is InChI=1S/C21H24BrN3O4S/c1-5-28-21(27)17-12(2)16-19(26)23-18(24-20(16)30-17)13(3)25(4)10-11-29-15-8-6-14(22)7-9-15/h6-9,13H,5,10-11H2,1-4H3,(H,23,24,26)/t13-/m1/s1. The summed E-state index contributed by atoms with van der Waals surface area (Å²) in [6.45, 7) is 6.90. The second-order valence-electron chi connectivity index (χ2n) is 6.87. The molecule has 0 bridgehead atoms. The number of H-pyrrole nitrogens is 1. The summed E-state index contributed by atoms with van der Waals surface area (Å²) in [5.41, 5.74) is 0.364. The van der Waals surface area contributed by atoms with Crippen LogP contribution in [0.1, 0.15) is 40.9 Å². The van der Waals surface area contributed by atoms with Gasteiger partial charge in [0.2, 0.25) is 0 Å². The SMILES string of the molecule is CCOC(=O)c1sc2nc([C@@H](C)N(C)CCOc3ccc(Br)cc3)[nH]c(=O)c2c1C. The van der Waals surface area contributed by atoms with Crippen molar-refractivity contribution in [1.82, 2.24) is 14.9 Å². The minimum absolute atomic E-state index is 0.135. The molecule has 160 valence electrons. The number of nitrogens with zero attached hydrogens (tertiary/aromatic N) is 2. The number of benzene rings is 1. The number of hydrogen-bond donors (Lipinski definition) is 1. The van der Waals surface area contributed by atoms with Crippen molar-refractivity contribution in [2.24, 2.45) is 0 Å². The number of carbonyl (C=O) groups excluding carboxylic acids is 1. The Balaban J connectivity index is 1.73. The smallest absolute Gasteiger partial charge is 0.348 e. The van der Waals surface area contributed by atoms with Crippen LogP contribution in [0.4, 0.5) is 0 Å². The van der Waals surface area contributed by atoms with Crippen molar-refractivity contribution in [2.45, 2.75) is 26.8 Å². The summed E-state index contributed by atoms with van der Waals surface area (Å²) < 4.78 is 11.9. The van der Waals surface area contributed by atoms with E-state index in [0.29, 0.717) is 39.6 Å². The first-order valence-corrected chi connectivity index (χ1v) is 11.2. The fourth-order valence-corrected chi connectivity index (χ4v) is 4.34. The van der Waals surface area contributed by atoms with Gasteiger partial charge in [-0.05, 0) is 57.6 Å². The van der Waals surface area contributed by atoms with E-state index < -0.39 is 5.97 Å². The largest absolute Gasteiger partial charge is 0.492 e. The molecular weight excluding hydrogens is 470 g/mol. The molecule has 1 N–H and O–H groups in total. The Morgan fingerprint density at radius 1 is 1.33 bits per heavy atom. The normalized spacial score (nSPS) is 12.3. The topological polar surface area (TPSA) is 84.5 Å². The molecule has 2 heterocycles. The van der Waals surface area contributed by atoms with Gasteiger partial charge >= 0.3 is 5.97 Å². The van der Waals surface area contributed by atoms with E-state index in [2.05, 4.69) is 30.8 Å². The van der Waals surface area contributed by atoms with Gasteiger partial charge in [0.05, 0.1) is 18.0 Å². The van der Waals surface area contributed by atoms with E-state index >= 15 is 0 Å². The third-order valence-electron chi connectivity index (χ3n) is 4.86. The van der Waals surface area contributed by atoms with Gasteiger partial charge in [-0.2, -0.15) is 0 Å². The maximum absolute atomic E-state index is 12.7. The molecule has 0 aliphatic carbocycles. The Morgan fingerprint density at radius 2 is 2.03 bits per heavy atom. The highest BCUT2D eigenvalue weighted by Gasteiger charge is 2.22. The van der Waals surface area contributed by atoms with E-state index in [-0.39, 0.29) is 18.2 Å². The molecule has 9 heteroatoms. The number of aromatic nitrogens is 2. The maximum Gasteiger partial charge on any atom is 0.348 e. The van der Waals surface area contributed by atoms with Gasteiger partial charge in [-0.3, -0.25) is 9.69 Å². The highest BCUT2D eigenvalue weighted by molar-refractivity contribution is 9.10. The van der Waals surface area contributed by atoms with Gasteiger partial charge in [0.25, 0.3) is 5.56 Å². The molecular formula is C21H24BrN3O4S. The number of hydrogen-bond acceptors (Lipinski definition) is 7. The number of halogens is 1. The first-order valence-electron chi connectivity index (χ1n) is 9.60. The Labute approximate surface area is 187 Å². The summed E-state index contributed by atoms with van der Waals surface area (Å²) in [4.78, 5) is 35.3. The average molecular weight is 494 g/mol. The van der Waals surface area contributed by atoms with Gasteiger partial charge < -0.3 is 14.5 Å². The van der Waals surface area contributed by atoms with Crippen molar-refractivity contribution in [1.29, 1.82) is 0 Å². The Kier molecular flexibility index (Phi) is 7.27. The molecule has 30 heavy (non-hydrogen) atoms. The molecule has 0 aliphatic heterocycles. The molecule has 0 radical (unpaired) electrons. The van der Waals surface area contributed by atoms with Crippen LogP contribution in [0, 0.1) is 6.92 Å². The summed E-state index contributed by atoms with van der Waals surface area (Å²) in [6.07, 6.45) is 0. The number of thiophene rings is 1. The van der Waals surface area contributed by atoms with Crippen LogP contribution in [0.15, 0.2) is 33.5 Å². The predicted molar refractivity (Wildman–Crippen MR) is 122 cm³/mol. The van der Waals surface area contributed by atoms with Gasteiger partial charge in [0.15, 0.2) is 0 Å². The van der Waals surface area contributed by atoms with Crippen molar-refractivity contribution < 1.29 is 14.3 Å². The molecule has 2 aromatic heterocycles. The molecule has 0 aliphatic rings. The second-order valence-corrected chi connectivity index (χ2v) is 8.78. The van der Waals surface area contributed by atoms with E-state index in [4.69, 9.17) is 9.47 Å². The molecule has 1 atom stereocenters. The molecule has 0 saturated carbocycles. The molecule has 0 unspecified atom stereocenters. The predicted octanol–water partition coefficient (Wildman–Crippen LogP) is 4.30. The van der Waals surface area contributed by atoms with E-state index in [0.717, 1.165) is 10.2 Å². The zero-order valence-electron chi connectivity index (χ0n) is 17.3. The molecule has 7 nitrogen and oxygen atoms in total. The number of ether oxygens (including phenoxy) is 2. The van der Waals surface area contributed by atoms with E-state index in [1.807, 2.05) is 38.2 Å². The molecule has 0 amide bonds. The van der Waals surface area contributed by atoms with Gasteiger partial charge in [0, 0.05) is 11.0 Å². The molecule has 1 aromatic carbocycles. The highest BCUT2D eigenvalue weighted by Crippen LogP contribution is 2.28. The van der Waals surface area contributed by atoms with Gasteiger partial charge in [0.1, 0.15) is 27.9 Å². The van der Waals surface area contributed by atoms with Crippen LogP contribution in [-0.4, -0.2) is 47.6 Å². The lowest BCUT2D eigenvalue weighted by Gasteiger charge is -2.23. The van der Waals surface area contributed by atoms with Crippen LogP contribution in [0.5, 0.6) is 5.75 Å². The molecule has 3 aromatic rings. The van der Waals surface area contributed by atoms with Crippen LogP contribution in [-0.2, 0) is 4.74 Å². The number of fused-ring (bicyclic) bond motifs is 1. The van der Waals surface area contributed by atoms with Gasteiger partial charge in [-0.15, -0.1) is 11.3 Å². The fraction of sp³-hybridized carbons (Fsp3) is 0.381. The van der Waals surface area contributed by atoms with Crippen molar-refractivity contribution in [2.75, 3.05) is 26.8 Å². The number of aryl methyl sites for hydroxylation is 1. The lowest BCUT2D eigenvalue weighted by molar-refractivity contribution is 0.0531. The van der Waals surface area contributed by atoms with Crippen LogP contribution in [0.2, 0.25) is 0 Å². The van der Waals surface area contributed by atoms with Crippen molar-refractivity contribution in [3.05, 3.63) is 55.4 Å². The van der Waals surface area contributed by atoms with Crippen molar-refractivity contribution >= 4 is 43.5 Å². The lowest BCUT2D eigenvalue weighted by Crippen LogP contribution is -2.29. The zero-order valence-corrected chi connectivity index (χ0v) is 19.7. The third kappa shape index (κ3) is 4.91. The second kappa shape index (κ2) is 9.72. The van der Waals surface area contributed by atoms with E-state index in [1.165, 1.54) is 11.3 Å². The monoisotopic (exact) mass is 493 g/mol. The first kappa shape index (κ1) is 22.5. The first-order chi connectivity index (χ1) is 14.3. The minimum Gasteiger partial charge on any atom is -0.492 e. The number of esters is 1. The number of likely N-dealkylation sites (N-methyl/N-ethyl adjacent to an activating group) is 1. The zero-order chi connectivity index (χ0) is 21.8. The van der Waals surface area contributed by atoms with E-state index in [1.54, 1.807) is 13.8 Å². The van der Waals surface area contributed by atoms with Crippen molar-refractivity contribution in [3.8, 4) is 5.75 Å². The highest BCUT2D eigenvalue weighted by atomic mass is 79.9. The Bertz CT molecular complexity index is 1090. The minimum atomic E-state index is -0.422. The maximum atomic E-state index is 12.7. The fourth-order valence-electron chi connectivity index (χ4n) is 2.99. The molecule has 0 saturated heterocycles. The Hall–Kier alpha value is -2.23. The Morgan fingerprint density at radius 3 is 2.70 bits per heavy atom. The summed E-state index contributed by atoms with van der Waals surface area (Å²) in [6, 6.07) is 7.53. The summed E-state index contributed by atoms with van der Waals surface area (Å²) in [5, 5.41) is 0.445. The quantitative estimate of drug-likeness (QED) is 0.470. The number of nitrogens with one attached hydrogen (secondary N) is 1. The molecule has 0 fully saturated rings. The summed E-state index contributed by atoms with van der Waals surface area (Å²) >= 11 is 4.59. The van der Waals surface area contributed by atoms with Crippen LogP contribution in [0.25, 0.3) is 10.2 Å². The van der Waals surface area contributed by atoms with Crippen molar-refractivity contribution in [3.63, 3.8) is 0 Å². The van der Waals surface area contributed by atoms with E-state index in [9.17, 15) is 9.59 Å². The van der Waals surface area contributed by atoms with Gasteiger partial charge in [-0.1, -0.05) is 15.9 Å². The lowest BCUT2D eigenvalue weighted by atomic mass is 10.2. The average Bonchev–Trinajstić information content (AvgIpc) is 3.06. The molecule has 0 spiro atoms. The number of rotatable bonds is 8. The van der Waals surface area contributed by atoms with Crippen LogP contribution >= 0.6 is 27.3 Å². The third-order valence-corrected chi connectivity index (χ3v) is 6.56. The molecule has 3 rings (SSSR count).